The molecular formula is C25H39N7. The maximum Gasteiger partial charge on any atom is 0.191 e. The summed E-state index contributed by atoms with van der Waals surface area (Å²) in [5.74, 6) is 3.24. The molecule has 1 aromatic carbocycles. The summed E-state index contributed by atoms with van der Waals surface area (Å²) in [6.07, 6.45) is 9.17. The molecule has 0 atom stereocenters. The van der Waals surface area contributed by atoms with E-state index in [-0.39, 0.29) is 0 Å². The van der Waals surface area contributed by atoms with E-state index in [0.717, 1.165) is 76.6 Å². The van der Waals surface area contributed by atoms with Crippen LogP contribution in [0.3, 0.4) is 0 Å². The summed E-state index contributed by atoms with van der Waals surface area (Å²) in [5.41, 5.74) is 2.76. The van der Waals surface area contributed by atoms with Gasteiger partial charge in [-0.05, 0) is 44.6 Å². The molecule has 2 aliphatic heterocycles. The topological polar surface area (TPSA) is 70.4 Å². The summed E-state index contributed by atoms with van der Waals surface area (Å²) in [7, 11) is 1.86. The van der Waals surface area contributed by atoms with Crippen LogP contribution in [0.15, 0.2) is 29.3 Å². The van der Waals surface area contributed by atoms with Crippen LogP contribution in [0.2, 0.25) is 0 Å². The molecule has 2 aliphatic rings. The van der Waals surface area contributed by atoms with E-state index in [1.165, 1.54) is 36.2 Å². The third-order valence-electron chi connectivity index (χ3n) is 6.70. The number of likely N-dealkylation sites (tertiary alicyclic amines) is 1. The third-order valence-corrected chi connectivity index (χ3v) is 6.70. The number of aromatic nitrogens is 3. The normalized spacial score (nSPS) is 18.2. The molecule has 0 saturated carbocycles. The summed E-state index contributed by atoms with van der Waals surface area (Å²) >= 11 is 0. The van der Waals surface area contributed by atoms with Crippen LogP contribution in [0.4, 0.5) is 0 Å². The van der Waals surface area contributed by atoms with Gasteiger partial charge in [-0.15, -0.1) is 10.2 Å². The Morgan fingerprint density at radius 2 is 2.00 bits per heavy atom. The minimum atomic E-state index is 0.488. The Balaban J connectivity index is 1.15. The monoisotopic (exact) mass is 437 g/mol. The first-order valence-corrected chi connectivity index (χ1v) is 12.4. The lowest BCUT2D eigenvalue weighted by atomic mass is 10.0. The van der Waals surface area contributed by atoms with Crippen LogP contribution in [0.5, 0.6) is 0 Å². The highest BCUT2D eigenvalue weighted by molar-refractivity contribution is 5.79. The van der Waals surface area contributed by atoms with Crippen molar-refractivity contribution in [3.63, 3.8) is 0 Å². The van der Waals surface area contributed by atoms with Gasteiger partial charge in [-0.2, -0.15) is 0 Å². The number of nitrogens with zero attached hydrogens (tertiary/aromatic N) is 5. The second kappa shape index (κ2) is 11.5. The first-order chi connectivity index (χ1) is 15.7. The molecule has 0 unspecified atom stereocenters. The molecule has 1 fully saturated rings. The Morgan fingerprint density at radius 1 is 1.12 bits per heavy atom. The standard InChI is InChI=1S/C25H39N7/c1-20-8-6-9-21(18-20)19-31-16-12-22(13-17-31)28-25(26-2)27-14-7-11-24-30-29-23-10-4-3-5-15-32(23)24/h6,8-9,18,22H,3-5,7,10-17,19H2,1-2H3,(H2,26,27,28). The van der Waals surface area contributed by atoms with Gasteiger partial charge in [0, 0.05) is 58.7 Å². The largest absolute Gasteiger partial charge is 0.356 e. The van der Waals surface area contributed by atoms with Gasteiger partial charge in [-0.3, -0.25) is 9.89 Å². The number of hydrogen-bond donors (Lipinski definition) is 2. The molecule has 0 amide bonds. The molecule has 0 radical (unpaired) electrons. The lowest BCUT2D eigenvalue weighted by Gasteiger charge is -2.33. The number of aliphatic imine (C=N–C) groups is 1. The highest BCUT2D eigenvalue weighted by Crippen LogP contribution is 2.16. The molecule has 32 heavy (non-hydrogen) atoms. The minimum absolute atomic E-state index is 0.488. The number of benzene rings is 1. The lowest BCUT2D eigenvalue weighted by molar-refractivity contribution is 0.198. The quantitative estimate of drug-likeness (QED) is 0.396. The summed E-state index contributed by atoms with van der Waals surface area (Å²) in [6.45, 7) is 7.44. The molecule has 174 valence electrons. The zero-order valence-corrected chi connectivity index (χ0v) is 19.8. The Bertz CT molecular complexity index is 880. The van der Waals surface area contributed by atoms with E-state index in [9.17, 15) is 0 Å². The second-order valence-corrected chi connectivity index (χ2v) is 9.28. The first kappa shape index (κ1) is 22.8. The molecule has 7 heteroatoms. The van der Waals surface area contributed by atoms with Gasteiger partial charge < -0.3 is 15.2 Å². The Hall–Kier alpha value is -2.41. The molecule has 0 bridgehead atoms. The third kappa shape index (κ3) is 6.31. The van der Waals surface area contributed by atoms with Crippen LogP contribution in [0.1, 0.15) is 61.3 Å². The molecule has 3 heterocycles. The predicted molar refractivity (Wildman–Crippen MR) is 130 cm³/mol. The summed E-state index contributed by atoms with van der Waals surface area (Å²) in [6, 6.07) is 9.35. The van der Waals surface area contributed by atoms with Gasteiger partial charge in [0.25, 0.3) is 0 Å². The van der Waals surface area contributed by atoms with E-state index < -0.39 is 0 Å². The van der Waals surface area contributed by atoms with Gasteiger partial charge in [-0.25, -0.2) is 0 Å². The molecule has 7 nitrogen and oxygen atoms in total. The van der Waals surface area contributed by atoms with E-state index in [0.29, 0.717) is 6.04 Å². The van der Waals surface area contributed by atoms with Crippen LogP contribution in [-0.2, 0) is 25.9 Å². The van der Waals surface area contributed by atoms with Crippen LogP contribution in [0.25, 0.3) is 0 Å². The SMILES string of the molecule is CN=C(NCCCc1nnc2n1CCCCC2)NC1CCN(Cc2cccc(C)c2)CC1. The van der Waals surface area contributed by atoms with Crippen LogP contribution >= 0.6 is 0 Å². The van der Waals surface area contributed by atoms with E-state index >= 15 is 0 Å². The van der Waals surface area contributed by atoms with Gasteiger partial charge in [0.15, 0.2) is 5.96 Å². The van der Waals surface area contributed by atoms with Gasteiger partial charge in [0.2, 0.25) is 0 Å². The Kier molecular flexibility index (Phi) is 8.15. The summed E-state index contributed by atoms with van der Waals surface area (Å²) in [5, 5.41) is 16.0. The molecule has 2 aromatic rings. The Morgan fingerprint density at radius 3 is 2.81 bits per heavy atom. The van der Waals surface area contributed by atoms with E-state index in [2.05, 4.69) is 66.5 Å². The van der Waals surface area contributed by atoms with Crippen molar-refractivity contribution in [1.29, 1.82) is 0 Å². The van der Waals surface area contributed by atoms with Gasteiger partial charge in [0.1, 0.15) is 11.6 Å². The number of nitrogens with one attached hydrogen (secondary N) is 2. The first-order valence-electron chi connectivity index (χ1n) is 12.4. The fraction of sp³-hybridized carbons (Fsp3) is 0.640. The molecular weight excluding hydrogens is 398 g/mol. The number of guanidine groups is 1. The highest BCUT2D eigenvalue weighted by atomic mass is 15.3. The smallest absolute Gasteiger partial charge is 0.191 e. The average Bonchev–Trinajstić information content (AvgIpc) is 3.02. The van der Waals surface area contributed by atoms with Gasteiger partial charge >= 0.3 is 0 Å². The molecule has 0 spiro atoms. The fourth-order valence-corrected chi connectivity index (χ4v) is 4.88. The number of aryl methyl sites for hydroxylation is 3. The number of fused-ring (bicyclic) bond motifs is 1. The lowest BCUT2D eigenvalue weighted by Crippen LogP contribution is -2.48. The van der Waals surface area contributed by atoms with Crippen molar-refractivity contribution in [1.82, 2.24) is 30.3 Å². The van der Waals surface area contributed by atoms with Gasteiger partial charge in [0.05, 0.1) is 0 Å². The number of piperidine rings is 1. The van der Waals surface area contributed by atoms with Crippen LogP contribution in [0, 0.1) is 6.92 Å². The summed E-state index contributed by atoms with van der Waals surface area (Å²) < 4.78 is 2.35. The second-order valence-electron chi connectivity index (χ2n) is 9.28. The number of hydrogen-bond acceptors (Lipinski definition) is 4. The fourth-order valence-electron chi connectivity index (χ4n) is 4.88. The van der Waals surface area contributed by atoms with Gasteiger partial charge in [-0.1, -0.05) is 36.2 Å². The van der Waals surface area contributed by atoms with Crippen LogP contribution in [-0.4, -0.2) is 58.3 Å². The summed E-state index contributed by atoms with van der Waals surface area (Å²) in [4.78, 5) is 7.00. The van der Waals surface area contributed by atoms with Crippen molar-refractivity contribution in [2.24, 2.45) is 4.99 Å². The van der Waals surface area contributed by atoms with Crippen molar-refractivity contribution in [3.8, 4) is 0 Å². The molecule has 4 rings (SSSR count). The zero-order valence-electron chi connectivity index (χ0n) is 19.8. The average molecular weight is 438 g/mol. The maximum absolute atomic E-state index is 4.45. The highest BCUT2D eigenvalue weighted by Gasteiger charge is 2.20. The minimum Gasteiger partial charge on any atom is -0.356 e. The van der Waals surface area contributed by atoms with Crippen molar-refractivity contribution >= 4 is 5.96 Å². The molecule has 2 N–H and O–H groups in total. The van der Waals surface area contributed by atoms with E-state index in [1.807, 2.05) is 7.05 Å². The zero-order chi connectivity index (χ0) is 22.2. The Labute approximate surface area is 192 Å². The van der Waals surface area contributed by atoms with Crippen molar-refractivity contribution < 1.29 is 0 Å². The van der Waals surface area contributed by atoms with E-state index in [1.54, 1.807) is 0 Å². The van der Waals surface area contributed by atoms with Crippen molar-refractivity contribution in [2.75, 3.05) is 26.7 Å². The number of rotatable bonds is 7. The van der Waals surface area contributed by atoms with Crippen LogP contribution < -0.4 is 10.6 Å². The maximum atomic E-state index is 4.45. The van der Waals surface area contributed by atoms with Crippen molar-refractivity contribution in [2.45, 2.75) is 77.4 Å². The molecule has 1 saturated heterocycles. The molecule has 1 aromatic heterocycles. The van der Waals surface area contributed by atoms with Crippen molar-refractivity contribution in [3.05, 3.63) is 47.0 Å². The van der Waals surface area contributed by atoms with E-state index in [4.69, 9.17) is 0 Å². The molecule has 0 aliphatic carbocycles. The predicted octanol–water partition coefficient (Wildman–Crippen LogP) is 3.08.